The van der Waals surface area contributed by atoms with Crippen LogP contribution in [0.1, 0.15) is 20.8 Å². The third-order valence-electron chi connectivity index (χ3n) is 2.17. The number of aromatic nitrogens is 3. The van der Waals surface area contributed by atoms with Crippen LogP contribution >= 0.6 is 0 Å². The second kappa shape index (κ2) is 3.59. The van der Waals surface area contributed by atoms with E-state index in [-0.39, 0.29) is 5.91 Å². The molecule has 0 saturated heterocycles. The SMILES string of the molecule is CC(C)(C)C(=O)Nc1nc2ncccc2[nH]1. The predicted octanol–water partition coefficient (Wildman–Crippen LogP) is 1.94. The van der Waals surface area contributed by atoms with E-state index in [9.17, 15) is 4.79 Å². The third-order valence-corrected chi connectivity index (χ3v) is 2.17. The topological polar surface area (TPSA) is 70.7 Å². The smallest absolute Gasteiger partial charge is 0.232 e. The highest BCUT2D eigenvalue weighted by Crippen LogP contribution is 2.17. The van der Waals surface area contributed by atoms with Gasteiger partial charge in [-0.05, 0) is 12.1 Å². The molecule has 0 bridgehead atoms. The van der Waals surface area contributed by atoms with Gasteiger partial charge in [0.1, 0.15) is 0 Å². The van der Waals surface area contributed by atoms with Crippen molar-refractivity contribution < 1.29 is 4.79 Å². The molecule has 0 unspecified atom stereocenters. The number of hydrogen-bond acceptors (Lipinski definition) is 3. The van der Waals surface area contributed by atoms with Crippen molar-refractivity contribution in [2.75, 3.05) is 5.32 Å². The largest absolute Gasteiger partial charge is 0.322 e. The number of anilines is 1. The number of aromatic amines is 1. The number of hydrogen-bond donors (Lipinski definition) is 2. The van der Waals surface area contributed by atoms with Gasteiger partial charge >= 0.3 is 0 Å². The number of pyridine rings is 1. The van der Waals surface area contributed by atoms with Crippen molar-refractivity contribution in [3.63, 3.8) is 0 Å². The minimum atomic E-state index is -0.438. The summed E-state index contributed by atoms with van der Waals surface area (Å²) >= 11 is 0. The van der Waals surface area contributed by atoms with Crippen molar-refractivity contribution in [2.24, 2.45) is 5.41 Å². The summed E-state index contributed by atoms with van der Waals surface area (Å²) < 4.78 is 0. The van der Waals surface area contributed by atoms with Crippen LogP contribution in [0.15, 0.2) is 18.3 Å². The second-order valence-electron chi connectivity index (χ2n) is 4.66. The van der Waals surface area contributed by atoms with Crippen LogP contribution in [0.3, 0.4) is 0 Å². The summed E-state index contributed by atoms with van der Waals surface area (Å²) in [6.45, 7) is 5.55. The van der Waals surface area contributed by atoms with Gasteiger partial charge < -0.3 is 4.98 Å². The summed E-state index contributed by atoms with van der Waals surface area (Å²) in [5.41, 5.74) is 0.977. The van der Waals surface area contributed by atoms with E-state index < -0.39 is 5.41 Å². The number of nitrogens with zero attached hydrogens (tertiary/aromatic N) is 2. The Balaban J connectivity index is 2.25. The minimum absolute atomic E-state index is 0.0773. The lowest BCUT2D eigenvalue weighted by atomic mass is 9.96. The Morgan fingerprint density at radius 2 is 2.19 bits per heavy atom. The Morgan fingerprint density at radius 3 is 2.81 bits per heavy atom. The number of nitrogens with one attached hydrogen (secondary N) is 2. The Kier molecular flexibility index (Phi) is 2.38. The van der Waals surface area contributed by atoms with Crippen LogP contribution in [0.4, 0.5) is 5.95 Å². The summed E-state index contributed by atoms with van der Waals surface area (Å²) in [6.07, 6.45) is 1.67. The molecule has 0 aliphatic carbocycles. The van der Waals surface area contributed by atoms with Crippen molar-refractivity contribution in [3.8, 4) is 0 Å². The van der Waals surface area contributed by atoms with Crippen molar-refractivity contribution in [1.29, 1.82) is 0 Å². The minimum Gasteiger partial charge on any atom is -0.322 e. The molecule has 2 heterocycles. The van der Waals surface area contributed by atoms with Crippen molar-refractivity contribution in [3.05, 3.63) is 18.3 Å². The van der Waals surface area contributed by atoms with E-state index in [1.54, 1.807) is 6.20 Å². The van der Waals surface area contributed by atoms with Gasteiger partial charge in [0.2, 0.25) is 11.9 Å². The molecule has 84 valence electrons. The summed E-state index contributed by atoms with van der Waals surface area (Å²) in [4.78, 5) is 23.0. The number of rotatable bonds is 1. The monoisotopic (exact) mass is 218 g/mol. The lowest BCUT2D eigenvalue weighted by molar-refractivity contribution is -0.123. The average molecular weight is 218 g/mol. The van der Waals surface area contributed by atoms with Gasteiger partial charge in [0.25, 0.3) is 0 Å². The van der Waals surface area contributed by atoms with Crippen LogP contribution in [0.2, 0.25) is 0 Å². The summed E-state index contributed by atoms with van der Waals surface area (Å²) in [5.74, 6) is 0.361. The van der Waals surface area contributed by atoms with Crippen molar-refractivity contribution in [2.45, 2.75) is 20.8 Å². The molecule has 2 N–H and O–H groups in total. The summed E-state index contributed by atoms with van der Waals surface area (Å²) in [7, 11) is 0. The number of imidazole rings is 1. The van der Waals surface area contributed by atoms with Gasteiger partial charge in [-0.15, -0.1) is 0 Å². The molecule has 0 aliphatic rings. The molecule has 5 heteroatoms. The molecule has 2 rings (SSSR count). The Labute approximate surface area is 93.3 Å². The van der Waals surface area contributed by atoms with Crippen LogP contribution in [0, 0.1) is 5.41 Å². The van der Waals surface area contributed by atoms with E-state index in [4.69, 9.17) is 0 Å². The molecule has 0 spiro atoms. The van der Waals surface area contributed by atoms with Gasteiger partial charge in [0.15, 0.2) is 5.65 Å². The number of H-pyrrole nitrogens is 1. The fraction of sp³-hybridized carbons (Fsp3) is 0.364. The van der Waals surface area contributed by atoms with E-state index in [1.807, 2.05) is 32.9 Å². The maximum Gasteiger partial charge on any atom is 0.232 e. The maximum atomic E-state index is 11.7. The molecule has 0 fully saturated rings. The molecule has 0 aliphatic heterocycles. The van der Waals surface area contributed by atoms with E-state index in [0.717, 1.165) is 5.52 Å². The fourth-order valence-electron chi connectivity index (χ4n) is 1.20. The van der Waals surface area contributed by atoms with Crippen molar-refractivity contribution >= 4 is 23.0 Å². The molecular formula is C11H14N4O. The van der Waals surface area contributed by atoms with E-state index in [1.165, 1.54) is 0 Å². The Hall–Kier alpha value is -1.91. The van der Waals surface area contributed by atoms with Crippen LogP contribution < -0.4 is 5.32 Å². The zero-order valence-electron chi connectivity index (χ0n) is 9.53. The predicted molar refractivity (Wildman–Crippen MR) is 62.0 cm³/mol. The molecule has 16 heavy (non-hydrogen) atoms. The van der Waals surface area contributed by atoms with Crippen LogP contribution in [-0.4, -0.2) is 20.9 Å². The Morgan fingerprint density at radius 1 is 1.44 bits per heavy atom. The zero-order valence-corrected chi connectivity index (χ0v) is 9.53. The first-order valence-electron chi connectivity index (χ1n) is 5.09. The number of amides is 1. The van der Waals surface area contributed by atoms with Crippen LogP contribution in [-0.2, 0) is 4.79 Å². The lowest BCUT2D eigenvalue weighted by Gasteiger charge is -2.15. The molecule has 0 atom stereocenters. The number of carbonyl (C=O) groups excluding carboxylic acids is 1. The molecular weight excluding hydrogens is 204 g/mol. The standard InChI is InChI=1S/C11H14N4O/c1-11(2,3)9(16)15-10-13-7-5-4-6-12-8(7)14-10/h4-6H,1-3H3,(H2,12,13,14,15,16). The second-order valence-corrected chi connectivity index (χ2v) is 4.66. The van der Waals surface area contributed by atoms with E-state index in [2.05, 4.69) is 20.3 Å². The molecule has 1 amide bonds. The maximum absolute atomic E-state index is 11.7. The fourth-order valence-corrected chi connectivity index (χ4v) is 1.20. The number of carbonyl (C=O) groups is 1. The first kappa shape index (κ1) is 10.6. The number of fused-ring (bicyclic) bond motifs is 1. The first-order chi connectivity index (χ1) is 7.47. The van der Waals surface area contributed by atoms with Crippen LogP contribution in [0.25, 0.3) is 11.2 Å². The van der Waals surface area contributed by atoms with Gasteiger partial charge in [0, 0.05) is 11.6 Å². The Bertz CT molecular complexity index is 491. The molecule has 5 nitrogen and oxygen atoms in total. The molecule has 2 aromatic rings. The third kappa shape index (κ3) is 2.03. The zero-order chi connectivity index (χ0) is 11.8. The van der Waals surface area contributed by atoms with Crippen LogP contribution in [0.5, 0.6) is 0 Å². The van der Waals surface area contributed by atoms with Gasteiger partial charge in [-0.3, -0.25) is 10.1 Å². The molecule has 0 aromatic carbocycles. The van der Waals surface area contributed by atoms with E-state index in [0.29, 0.717) is 11.6 Å². The molecule has 0 saturated carbocycles. The quantitative estimate of drug-likeness (QED) is 0.768. The van der Waals surface area contributed by atoms with E-state index >= 15 is 0 Å². The molecule has 0 radical (unpaired) electrons. The van der Waals surface area contributed by atoms with Gasteiger partial charge in [-0.1, -0.05) is 20.8 Å². The molecule has 2 aromatic heterocycles. The van der Waals surface area contributed by atoms with Gasteiger partial charge in [-0.25, -0.2) is 4.98 Å². The van der Waals surface area contributed by atoms with Gasteiger partial charge in [-0.2, -0.15) is 4.98 Å². The first-order valence-corrected chi connectivity index (χ1v) is 5.09. The highest BCUT2D eigenvalue weighted by molar-refractivity contribution is 5.94. The summed E-state index contributed by atoms with van der Waals surface area (Å²) in [6, 6.07) is 3.68. The van der Waals surface area contributed by atoms with Gasteiger partial charge in [0.05, 0.1) is 5.52 Å². The highest BCUT2D eigenvalue weighted by Gasteiger charge is 2.22. The highest BCUT2D eigenvalue weighted by atomic mass is 16.2. The lowest BCUT2D eigenvalue weighted by Crippen LogP contribution is -2.28. The average Bonchev–Trinajstić information content (AvgIpc) is 2.58. The van der Waals surface area contributed by atoms with Crippen molar-refractivity contribution in [1.82, 2.24) is 15.0 Å². The normalized spacial score (nSPS) is 11.7. The summed E-state index contributed by atoms with van der Waals surface area (Å²) in [5, 5.41) is 2.73.